The summed E-state index contributed by atoms with van der Waals surface area (Å²) in [7, 11) is 0. The standard InChI is InChI=1S/C22H21N3O3/c1-15(26)11-12-25-20-9-6-10-21(18(20)13-23-25)27-14-19-16(2)28-22(24-19)17-7-4-3-5-8-17/h3-10,13H,11-12,14H2,1-2H3. The van der Waals surface area contributed by atoms with Crippen molar-refractivity contribution in [3.05, 3.63) is 66.2 Å². The molecule has 0 bridgehead atoms. The Bertz CT molecular complexity index is 1110. The van der Waals surface area contributed by atoms with E-state index in [1.165, 1.54) is 0 Å². The van der Waals surface area contributed by atoms with E-state index in [0.717, 1.165) is 33.7 Å². The van der Waals surface area contributed by atoms with Crippen molar-refractivity contribution in [1.82, 2.24) is 14.8 Å². The summed E-state index contributed by atoms with van der Waals surface area (Å²) in [4.78, 5) is 15.8. The molecule has 4 rings (SSSR count). The topological polar surface area (TPSA) is 70.2 Å². The minimum absolute atomic E-state index is 0.145. The highest BCUT2D eigenvalue weighted by Crippen LogP contribution is 2.27. The van der Waals surface area contributed by atoms with Crippen molar-refractivity contribution in [3.8, 4) is 17.2 Å². The summed E-state index contributed by atoms with van der Waals surface area (Å²) in [5.74, 6) is 2.21. The van der Waals surface area contributed by atoms with Crippen molar-refractivity contribution in [2.45, 2.75) is 33.4 Å². The number of hydrogen-bond acceptors (Lipinski definition) is 5. The number of aromatic nitrogens is 3. The molecular weight excluding hydrogens is 354 g/mol. The maximum atomic E-state index is 11.3. The van der Waals surface area contributed by atoms with E-state index in [1.54, 1.807) is 13.1 Å². The smallest absolute Gasteiger partial charge is 0.226 e. The zero-order chi connectivity index (χ0) is 19.5. The molecule has 0 spiro atoms. The highest BCUT2D eigenvalue weighted by Gasteiger charge is 2.14. The van der Waals surface area contributed by atoms with E-state index in [9.17, 15) is 4.79 Å². The molecule has 0 aliphatic carbocycles. The van der Waals surface area contributed by atoms with Gasteiger partial charge in [0.25, 0.3) is 0 Å². The number of benzene rings is 2. The van der Waals surface area contributed by atoms with Gasteiger partial charge in [-0.25, -0.2) is 4.98 Å². The average molecular weight is 375 g/mol. The second-order valence-electron chi connectivity index (χ2n) is 6.69. The van der Waals surface area contributed by atoms with E-state index in [2.05, 4.69) is 10.1 Å². The van der Waals surface area contributed by atoms with Crippen molar-refractivity contribution in [2.75, 3.05) is 0 Å². The molecule has 0 radical (unpaired) electrons. The van der Waals surface area contributed by atoms with Gasteiger partial charge in [0.05, 0.1) is 17.1 Å². The molecule has 6 nitrogen and oxygen atoms in total. The van der Waals surface area contributed by atoms with Gasteiger partial charge in [-0.1, -0.05) is 24.3 Å². The summed E-state index contributed by atoms with van der Waals surface area (Å²) in [6, 6.07) is 15.6. The number of nitrogens with zero attached hydrogens (tertiary/aromatic N) is 3. The number of Topliss-reactive ketones (excluding diaryl/α,β-unsaturated/α-hetero) is 1. The zero-order valence-corrected chi connectivity index (χ0v) is 15.9. The molecule has 0 aliphatic rings. The predicted octanol–water partition coefficient (Wildman–Crippen LogP) is 4.56. The molecule has 6 heteroatoms. The highest BCUT2D eigenvalue weighted by molar-refractivity contribution is 5.85. The van der Waals surface area contributed by atoms with E-state index < -0.39 is 0 Å². The summed E-state index contributed by atoms with van der Waals surface area (Å²) in [5.41, 5.74) is 2.64. The number of oxazole rings is 1. The lowest BCUT2D eigenvalue weighted by Crippen LogP contribution is -2.04. The number of ether oxygens (including phenoxy) is 1. The Morgan fingerprint density at radius 2 is 1.96 bits per heavy atom. The Kier molecular flexibility index (Phi) is 4.93. The monoisotopic (exact) mass is 375 g/mol. The highest BCUT2D eigenvalue weighted by atomic mass is 16.5. The fourth-order valence-corrected chi connectivity index (χ4v) is 3.06. The second-order valence-corrected chi connectivity index (χ2v) is 6.69. The van der Waals surface area contributed by atoms with Crippen LogP contribution in [0.2, 0.25) is 0 Å². The van der Waals surface area contributed by atoms with Gasteiger partial charge in [0, 0.05) is 18.5 Å². The summed E-state index contributed by atoms with van der Waals surface area (Å²) in [6.45, 7) is 4.34. The van der Waals surface area contributed by atoms with Gasteiger partial charge in [0.2, 0.25) is 5.89 Å². The molecule has 0 fully saturated rings. The number of ketones is 1. The first-order valence-electron chi connectivity index (χ1n) is 9.20. The molecule has 0 atom stereocenters. The Labute approximate surface area is 162 Å². The first-order valence-corrected chi connectivity index (χ1v) is 9.20. The van der Waals surface area contributed by atoms with Crippen molar-refractivity contribution >= 4 is 16.7 Å². The molecule has 2 aromatic heterocycles. The first-order chi connectivity index (χ1) is 13.6. The van der Waals surface area contributed by atoms with Crippen molar-refractivity contribution in [1.29, 1.82) is 0 Å². The summed E-state index contributed by atoms with van der Waals surface area (Å²) < 4.78 is 13.7. The van der Waals surface area contributed by atoms with Crippen LogP contribution in [0.4, 0.5) is 0 Å². The maximum Gasteiger partial charge on any atom is 0.226 e. The average Bonchev–Trinajstić information content (AvgIpc) is 3.29. The van der Waals surface area contributed by atoms with Gasteiger partial charge in [0.15, 0.2) is 0 Å². The van der Waals surface area contributed by atoms with Gasteiger partial charge in [-0.3, -0.25) is 9.48 Å². The van der Waals surface area contributed by atoms with Gasteiger partial charge >= 0.3 is 0 Å². The molecule has 0 unspecified atom stereocenters. The SMILES string of the molecule is CC(=O)CCn1ncc2c(OCc3nc(-c4ccccc4)oc3C)cccc21. The number of rotatable bonds is 7. The largest absolute Gasteiger partial charge is 0.486 e. The Balaban J connectivity index is 1.53. The quantitative estimate of drug-likeness (QED) is 0.474. The number of hydrogen-bond donors (Lipinski definition) is 0. The third-order valence-corrected chi connectivity index (χ3v) is 4.60. The molecular formula is C22H21N3O3. The lowest BCUT2D eigenvalue weighted by molar-refractivity contribution is -0.117. The predicted molar refractivity (Wildman–Crippen MR) is 106 cm³/mol. The number of fused-ring (bicyclic) bond motifs is 1. The normalized spacial score (nSPS) is 11.1. The molecule has 0 amide bonds. The Morgan fingerprint density at radius 3 is 2.75 bits per heavy atom. The minimum atomic E-state index is 0.145. The van der Waals surface area contributed by atoms with Gasteiger partial charge in [0.1, 0.15) is 29.6 Å². The lowest BCUT2D eigenvalue weighted by Gasteiger charge is -2.07. The molecule has 0 aliphatic heterocycles. The molecule has 142 valence electrons. The molecule has 28 heavy (non-hydrogen) atoms. The lowest BCUT2D eigenvalue weighted by atomic mass is 10.2. The molecule has 0 saturated heterocycles. The van der Waals surface area contributed by atoms with Crippen LogP contribution in [0.3, 0.4) is 0 Å². The van der Waals surface area contributed by atoms with Crippen LogP contribution < -0.4 is 4.74 Å². The number of carbonyl (C=O) groups is 1. The van der Waals surface area contributed by atoms with E-state index >= 15 is 0 Å². The maximum absolute atomic E-state index is 11.3. The first kappa shape index (κ1) is 18.0. The third-order valence-electron chi connectivity index (χ3n) is 4.60. The molecule has 4 aromatic rings. The van der Waals surface area contributed by atoms with Crippen LogP contribution in [0.25, 0.3) is 22.4 Å². The fraction of sp³-hybridized carbons (Fsp3) is 0.227. The van der Waals surface area contributed by atoms with E-state index in [-0.39, 0.29) is 5.78 Å². The van der Waals surface area contributed by atoms with Crippen LogP contribution in [0, 0.1) is 6.92 Å². The summed E-state index contributed by atoms with van der Waals surface area (Å²) in [5, 5.41) is 5.31. The Hall–Kier alpha value is -3.41. The van der Waals surface area contributed by atoms with Gasteiger partial charge in [-0.15, -0.1) is 0 Å². The van der Waals surface area contributed by atoms with Crippen LogP contribution in [0.15, 0.2) is 59.1 Å². The molecule has 2 heterocycles. The van der Waals surface area contributed by atoms with Gasteiger partial charge in [-0.2, -0.15) is 5.10 Å². The Morgan fingerprint density at radius 1 is 1.14 bits per heavy atom. The number of carbonyl (C=O) groups excluding carboxylic acids is 1. The van der Waals surface area contributed by atoms with Gasteiger partial charge in [-0.05, 0) is 38.1 Å². The van der Waals surface area contributed by atoms with Crippen LogP contribution >= 0.6 is 0 Å². The number of aryl methyl sites for hydroxylation is 2. The van der Waals surface area contributed by atoms with Crippen molar-refractivity contribution in [3.63, 3.8) is 0 Å². The molecule has 2 aromatic carbocycles. The van der Waals surface area contributed by atoms with Crippen LogP contribution in [-0.4, -0.2) is 20.5 Å². The van der Waals surface area contributed by atoms with E-state index in [0.29, 0.717) is 25.5 Å². The minimum Gasteiger partial charge on any atom is -0.486 e. The zero-order valence-electron chi connectivity index (χ0n) is 15.9. The van der Waals surface area contributed by atoms with E-state index in [1.807, 2.05) is 60.1 Å². The summed E-state index contributed by atoms with van der Waals surface area (Å²) >= 11 is 0. The molecule has 0 saturated carbocycles. The molecule has 0 N–H and O–H groups in total. The third kappa shape index (κ3) is 3.67. The van der Waals surface area contributed by atoms with E-state index in [4.69, 9.17) is 9.15 Å². The van der Waals surface area contributed by atoms with Crippen molar-refractivity contribution in [2.24, 2.45) is 0 Å². The van der Waals surface area contributed by atoms with Crippen LogP contribution in [-0.2, 0) is 17.9 Å². The van der Waals surface area contributed by atoms with Crippen molar-refractivity contribution < 1.29 is 13.9 Å². The summed E-state index contributed by atoms with van der Waals surface area (Å²) in [6.07, 6.45) is 2.23. The van der Waals surface area contributed by atoms with Crippen LogP contribution in [0.1, 0.15) is 24.8 Å². The van der Waals surface area contributed by atoms with Crippen LogP contribution in [0.5, 0.6) is 5.75 Å². The second kappa shape index (κ2) is 7.68. The fourth-order valence-electron chi connectivity index (χ4n) is 3.06. The van der Waals surface area contributed by atoms with Gasteiger partial charge < -0.3 is 9.15 Å².